The highest BCUT2D eigenvalue weighted by molar-refractivity contribution is 5.87. The summed E-state index contributed by atoms with van der Waals surface area (Å²) in [6.45, 7) is 3.43. The van der Waals surface area contributed by atoms with Gasteiger partial charge in [-0.05, 0) is 25.8 Å². The zero-order valence-electron chi connectivity index (χ0n) is 8.94. The molecule has 2 N–H and O–H groups in total. The zero-order chi connectivity index (χ0) is 11.0. The van der Waals surface area contributed by atoms with Gasteiger partial charge in [0.25, 0.3) is 0 Å². The van der Waals surface area contributed by atoms with Crippen LogP contribution in [0.25, 0.3) is 0 Å². The molecule has 0 bridgehead atoms. The summed E-state index contributed by atoms with van der Waals surface area (Å²) in [5.41, 5.74) is 0. The van der Waals surface area contributed by atoms with Gasteiger partial charge in [0.2, 0.25) is 0 Å². The Hall–Kier alpha value is -0.670. The third-order valence-corrected chi connectivity index (χ3v) is 2.15. The minimum atomic E-state index is -0.471. The summed E-state index contributed by atoms with van der Waals surface area (Å²) in [5.74, 6) is -0.155. The SMILES string of the molecule is CCC[C@@H](O)C(CO)C/C=C/C(C)=O. The molecule has 0 rings (SSSR count). The Balaban J connectivity index is 3.95. The third kappa shape index (κ3) is 5.89. The van der Waals surface area contributed by atoms with Gasteiger partial charge in [-0.2, -0.15) is 0 Å². The van der Waals surface area contributed by atoms with Crippen molar-refractivity contribution < 1.29 is 15.0 Å². The number of rotatable bonds is 7. The van der Waals surface area contributed by atoms with E-state index in [9.17, 15) is 9.90 Å². The fourth-order valence-electron chi connectivity index (χ4n) is 1.29. The molecule has 0 aliphatic heterocycles. The summed E-state index contributed by atoms with van der Waals surface area (Å²) in [7, 11) is 0. The lowest BCUT2D eigenvalue weighted by Gasteiger charge is -2.18. The molecule has 0 radical (unpaired) electrons. The van der Waals surface area contributed by atoms with E-state index in [1.807, 2.05) is 6.92 Å². The monoisotopic (exact) mass is 200 g/mol. The van der Waals surface area contributed by atoms with Crippen LogP contribution in [0.4, 0.5) is 0 Å². The van der Waals surface area contributed by atoms with Crippen molar-refractivity contribution >= 4 is 5.78 Å². The summed E-state index contributed by atoms with van der Waals surface area (Å²) in [6, 6.07) is 0. The van der Waals surface area contributed by atoms with Crippen molar-refractivity contribution in [2.75, 3.05) is 6.61 Å². The van der Waals surface area contributed by atoms with E-state index in [0.29, 0.717) is 12.8 Å². The minimum Gasteiger partial charge on any atom is -0.396 e. The lowest BCUT2D eigenvalue weighted by molar-refractivity contribution is -0.112. The molecule has 0 saturated heterocycles. The predicted octanol–water partition coefficient (Wildman–Crippen LogP) is 1.29. The molecule has 0 saturated carbocycles. The normalized spacial score (nSPS) is 15.7. The first-order chi connectivity index (χ1) is 6.61. The van der Waals surface area contributed by atoms with Crippen molar-refractivity contribution in [2.45, 2.75) is 39.2 Å². The molecule has 0 aromatic rings. The van der Waals surface area contributed by atoms with Crippen LogP contribution >= 0.6 is 0 Å². The van der Waals surface area contributed by atoms with Crippen LogP contribution in [0, 0.1) is 5.92 Å². The quantitative estimate of drug-likeness (QED) is 0.609. The van der Waals surface area contributed by atoms with Crippen LogP contribution in [-0.4, -0.2) is 28.7 Å². The molecular formula is C11H20O3. The molecular weight excluding hydrogens is 180 g/mol. The largest absolute Gasteiger partial charge is 0.396 e. The van der Waals surface area contributed by atoms with Crippen molar-refractivity contribution in [1.82, 2.24) is 0 Å². The second-order valence-corrected chi connectivity index (χ2v) is 3.55. The highest BCUT2D eigenvalue weighted by Gasteiger charge is 2.15. The second kappa shape index (κ2) is 7.71. The molecule has 14 heavy (non-hydrogen) atoms. The van der Waals surface area contributed by atoms with Crippen LogP contribution in [0.3, 0.4) is 0 Å². The Morgan fingerprint density at radius 1 is 1.50 bits per heavy atom. The smallest absolute Gasteiger partial charge is 0.152 e. The Morgan fingerprint density at radius 3 is 2.57 bits per heavy atom. The number of ketones is 1. The van der Waals surface area contributed by atoms with Gasteiger partial charge in [-0.1, -0.05) is 19.4 Å². The fourth-order valence-corrected chi connectivity index (χ4v) is 1.29. The Labute approximate surface area is 85.4 Å². The Bertz CT molecular complexity index is 187. The summed E-state index contributed by atoms with van der Waals surface area (Å²) in [6.07, 6.45) is 4.86. The molecule has 1 unspecified atom stereocenters. The summed E-state index contributed by atoms with van der Waals surface area (Å²) in [5, 5.41) is 18.6. The van der Waals surface area contributed by atoms with Crippen molar-refractivity contribution in [1.29, 1.82) is 0 Å². The van der Waals surface area contributed by atoms with Gasteiger partial charge in [0.05, 0.1) is 6.10 Å². The topological polar surface area (TPSA) is 57.5 Å². The van der Waals surface area contributed by atoms with Crippen LogP contribution in [-0.2, 0) is 4.79 Å². The fraction of sp³-hybridized carbons (Fsp3) is 0.727. The van der Waals surface area contributed by atoms with Crippen LogP contribution in [0.5, 0.6) is 0 Å². The molecule has 0 fully saturated rings. The number of aliphatic hydroxyl groups is 2. The van der Waals surface area contributed by atoms with Gasteiger partial charge in [-0.25, -0.2) is 0 Å². The van der Waals surface area contributed by atoms with Crippen molar-refractivity contribution in [2.24, 2.45) is 5.92 Å². The third-order valence-electron chi connectivity index (χ3n) is 2.15. The van der Waals surface area contributed by atoms with E-state index in [2.05, 4.69) is 0 Å². The van der Waals surface area contributed by atoms with E-state index in [0.717, 1.165) is 6.42 Å². The highest BCUT2D eigenvalue weighted by Crippen LogP contribution is 2.13. The van der Waals surface area contributed by atoms with Gasteiger partial charge in [0, 0.05) is 12.5 Å². The average Bonchev–Trinajstić information content (AvgIpc) is 2.12. The van der Waals surface area contributed by atoms with Gasteiger partial charge in [0.1, 0.15) is 0 Å². The molecule has 0 aromatic heterocycles. The number of allylic oxidation sites excluding steroid dienone is 2. The molecule has 2 atom stereocenters. The number of hydrogen-bond donors (Lipinski definition) is 2. The van der Waals surface area contributed by atoms with E-state index in [-0.39, 0.29) is 18.3 Å². The van der Waals surface area contributed by atoms with E-state index < -0.39 is 6.10 Å². The van der Waals surface area contributed by atoms with Crippen molar-refractivity contribution in [3.8, 4) is 0 Å². The van der Waals surface area contributed by atoms with E-state index in [4.69, 9.17) is 5.11 Å². The van der Waals surface area contributed by atoms with E-state index >= 15 is 0 Å². The molecule has 0 heterocycles. The predicted molar refractivity (Wildman–Crippen MR) is 55.9 cm³/mol. The first-order valence-corrected chi connectivity index (χ1v) is 5.07. The maximum absolute atomic E-state index is 10.6. The number of carbonyl (C=O) groups is 1. The average molecular weight is 200 g/mol. The highest BCUT2D eigenvalue weighted by atomic mass is 16.3. The van der Waals surface area contributed by atoms with Gasteiger partial charge in [0.15, 0.2) is 5.78 Å². The molecule has 0 spiro atoms. The van der Waals surface area contributed by atoms with Crippen LogP contribution in [0.15, 0.2) is 12.2 Å². The van der Waals surface area contributed by atoms with Crippen LogP contribution in [0.1, 0.15) is 33.1 Å². The molecule has 0 aromatic carbocycles. The molecule has 82 valence electrons. The second-order valence-electron chi connectivity index (χ2n) is 3.55. The van der Waals surface area contributed by atoms with E-state index in [1.54, 1.807) is 6.08 Å². The number of aliphatic hydroxyl groups excluding tert-OH is 2. The van der Waals surface area contributed by atoms with Crippen LogP contribution in [0.2, 0.25) is 0 Å². The minimum absolute atomic E-state index is 0.00771. The molecule has 0 aliphatic rings. The van der Waals surface area contributed by atoms with Crippen molar-refractivity contribution in [3.63, 3.8) is 0 Å². The first-order valence-electron chi connectivity index (χ1n) is 5.07. The van der Waals surface area contributed by atoms with Gasteiger partial charge >= 0.3 is 0 Å². The summed E-state index contributed by atoms with van der Waals surface area (Å²) in [4.78, 5) is 10.6. The van der Waals surface area contributed by atoms with Crippen molar-refractivity contribution in [3.05, 3.63) is 12.2 Å². The lowest BCUT2D eigenvalue weighted by atomic mass is 9.96. The van der Waals surface area contributed by atoms with Gasteiger partial charge in [-0.3, -0.25) is 4.79 Å². The summed E-state index contributed by atoms with van der Waals surface area (Å²) < 4.78 is 0. The first kappa shape index (κ1) is 13.3. The zero-order valence-corrected chi connectivity index (χ0v) is 8.94. The maximum atomic E-state index is 10.6. The maximum Gasteiger partial charge on any atom is 0.152 e. The molecule has 3 nitrogen and oxygen atoms in total. The lowest BCUT2D eigenvalue weighted by Crippen LogP contribution is -2.23. The van der Waals surface area contributed by atoms with Gasteiger partial charge < -0.3 is 10.2 Å². The van der Waals surface area contributed by atoms with Crippen LogP contribution < -0.4 is 0 Å². The van der Waals surface area contributed by atoms with E-state index in [1.165, 1.54) is 13.0 Å². The Kier molecular flexibility index (Phi) is 7.34. The molecule has 0 aliphatic carbocycles. The van der Waals surface area contributed by atoms with Gasteiger partial charge in [-0.15, -0.1) is 0 Å². The molecule has 0 amide bonds. The number of hydrogen-bond acceptors (Lipinski definition) is 3. The number of carbonyl (C=O) groups excluding carboxylic acids is 1. The molecule has 3 heteroatoms. The Morgan fingerprint density at radius 2 is 2.14 bits per heavy atom. The standard InChI is InChI=1S/C11H20O3/c1-3-5-11(14)10(8-12)7-4-6-9(2)13/h4,6,10-12,14H,3,5,7-8H2,1-2H3/b6-4+/t10?,11-/m1/s1. The summed E-state index contributed by atoms with van der Waals surface area (Å²) >= 11 is 0.